The van der Waals surface area contributed by atoms with Crippen molar-refractivity contribution in [2.75, 3.05) is 41.2 Å². The summed E-state index contributed by atoms with van der Waals surface area (Å²) in [7, 11) is 1.68. The fraction of sp³-hybridized carbons (Fsp3) is 1.00. The summed E-state index contributed by atoms with van der Waals surface area (Å²) in [6.45, 7) is 4.23. The van der Waals surface area contributed by atoms with Gasteiger partial charge in [-0.15, -0.1) is 0 Å². The Morgan fingerprint density at radius 1 is 1.22 bits per heavy atom. The third-order valence-electron chi connectivity index (χ3n) is 2.70. The zero-order chi connectivity index (χ0) is 13.4. The van der Waals surface area contributed by atoms with Gasteiger partial charge in [0.2, 0.25) is 0 Å². The van der Waals surface area contributed by atoms with Crippen LogP contribution in [0.1, 0.15) is 19.8 Å². The molecule has 0 aromatic heterocycles. The molecule has 1 heterocycles. The Morgan fingerprint density at radius 3 is 2.33 bits per heavy atom. The first-order chi connectivity index (χ1) is 8.65. The van der Waals surface area contributed by atoms with Crippen LogP contribution in [0.15, 0.2) is 0 Å². The molecule has 108 valence electrons. The molecule has 18 heavy (non-hydrogen) atoms. The molecule has 1 rings (SSSR count). The quantitative estimate of drug-likeness (QED) is 0.319. The summed E-state index contributed by atoms with van der Waals surface area (Å²) in [5, 5.41) is 0. The zero-order valence-corrected chi connectivity index (χ0v) is 12.6. The molecule has 0 aromatic carbocycles. The van der Waals surface area contributed by atoms with E-state index in [1.54, 1.807) is 0 Å². The van der Waals surface area contributed by atoms with Gasteiger partial charge in [0.1, 0.15) is 6.10 Å². The van der Waals surface area contributed by atoms with Crippen molar-refractivity contribution < 1.29 is 27.2 Å². The minimum atomic E-state index is -2.92. The van der Waals surface area contributed by atoms with Crippen LogP contribution in [0.5, 0.6) is 0 Å². The Balaban J connectivity index is 2.08. The normalized spacial score (nSPS) is 21.0. The lowest BCUT2D eigenvalue weighted by atomic mass is 10.2. The molecule has 0 radical (unpaired) electrons. The van der Waals surface area contributed by atoms with Crippen molar-refractivity contribution in [2.45, 2.75) is 32.0 Å². The van der Waals surface area contributed by atoms with Gasteiger partial charge in [-0.2, -0.15) is 0 Å². The highest BCUT2D eigenvalue weighted by Crippen LogP contribution is 2.14. The van der Waals surface area contributed by atoms with Crippen LogP contribution in [0.4, 0.5) is 0 Å². The highest BCUT2D eigenvalue weighted by Gasteiger charge is 2.43. The van der Waals surface area contributed by atoms with E-state index < -0.39 is 9.05 Å². The lowest BCUT2D eigenvalue weighted by Crippen LogP contribution is -2.48. The van der Waals surface area contributed by atoms with Gasteiger partial charge >= 0.3 is 9.05 Å². The molecule has 1 saturated heterocycles. The average Bonchev–Trinajstić information content (AvgIpc) is 3.20. The lowest BCUT2D eigenvalue weighted by Gasteiger charge is -2.26. The second kappa shape index (κ2) is 8.21. The van der Waals surface area contributed by atoms with Gasteiger partial charge in [-0.1, -0.05) is 0 Å². The highest BCUT2D eigenvalue weighted by atomic mass is 28.4. The fourth-order valence-electron chi connectivity index (χ4n) is 1.55. The number of hydrogen-bond donors (Lipinski definition) is 0. The summed E-state index contributed by atoms with van der Waals surface area (Å²) in [5.74, 6) is 0. The van der Waals surface area contributed by atoms with Crippen LogP contribution in [0, 0.1) is 0 Å². The van der Waals surface area contributed by atoms with E-state index in [0.29, 0.717) is 12.7 Å². The zero-order valence-electron chi connectivity index (χ0n) is 11.6. The molecule has 0 bridgehead atoms. The van der Waals surface area contributed by atoms with Crippen LogP contribution in [-0.2, 0) is 27.2 Å². The molecule has 2 atom stereocenters. The first-order valence-electron chi connectivity index (χ1n) is 6.18. The maximum Gasteiger partial charge on any atom is 0.679 e. The van der Waals surface area contributed by atoms with Gasteiger partial charge in [0.15, 0.2) is 0 Å². The third kappa shape index (κ3) is 5.74. The van der Waals surface area contributed by atoms with Gasteiger partial charge in [0.05, 0.1) is 13.2 Å². The van der Waals surface area contributed by atoms with Gasteiger partial charge in [-0.05, 0) is 19.8 Å². The summed E-state index contributed by atoms with van der Waals surface area (Å²) < 4.78 is 31.8. The van der Waals surface area contributed by atoms with Crippen molar-refractivity contribution in [2.24, 2.45) is 0 Å². The molecule has 0 amide bonds. The Bertz CT molecular complexity index is 211. The SMILES string of the molecule is CO[Si](OC)(OC)OC(C)CCCOCC1CO1. The number of epoxide rings is 1. The van der Waals surface area contributed by atoms with Crippen molar-refractivity contribution in [1.82, 2.24) is 0 Å². The number of hydrogen-bond acceptors (Lipinski definition) is 6. The first kappa shape index (κ1) is 16.0. The molecule has 0 N–H and O–H groups in total. The van der Waals surface area contributed by atoms with Crippen molar-refractivity contribution in [3.05, 3.63) is 0 Å². The van der Waals surface area contributed by atoms with E-state index in [2.05, 4.69) is 0 Å². The minimum absolute atomic E-state index is 0.0114. The predicted octanol–water partition coefficient (Wildman–Crippen LogP) is 0.962. The summed E-state index contributed by atoms with van der Waals surface area (Å²) >= 11 is 0. The van der Waals surface area contributed by atoms with E-state index in [-0.39, 0.29) is 6.10 Å². The number of rotatable bonds is 11. The second-order valence-corrected chi connectivity index (χ2v) is 6.67. The van der Waals surface area contributed by atoms with Gasteiger partial charge in [0.25, 0.3) is 0 Å². The number of ether oxygens (including phenoxy) is 2. The molecule has 7 heteroatoms. The summed E-state index contributed by atoms with van der Waals surface area (Å²) in [5.41, 5.74) is 0. The average molecular weight is 280 g/mol. The first-order valence-corrected chi connectivity index (χ1v) is 7.81. The molecular weight excluding hydrogens is 256 g/mol. The Kier molecular flexibility index (Phi) is 7.31. The molecule has 1 aliphatic rings. The molecule has 1 fully saturated rings. The molecule has 6 nitrogen and oxygen atoms in total. The maximum atomic E-state index is 5.72. The van der Waals surface area contributed by atoms with Crippen LogP contribution in [0.3, 0.4) is 0 Å². The van der Waals surface area contributed by atoms with Crippen molar-refractivity contribution in [1.29, 1.82) is 0 Å². The Morgan fingerprint density at radius 2 is 1.83 bits per heavy atom. The molecule has 0 aliphatic carbocycles. The summed E-state index contributed by atoms with van der Waals surface area (Å²) in [6.07, 6.45) is 2.14. The molecule has 0 spiro atoms. The van der Waals surface area contributed by atoms with Crippen LogP contribution in [0.2, 0.25) is 0 Å². The van der Waals surface area contributed by atoms with Crippen molar-refractivity contribution in [3.8, 4) is 0 Å². The van der Waals surface area contributed by atoms with E-state index >= 15 is 0 Å². The molecular formula is C11H24O6Si. The molecule has 0 aromatic rings. The van der Waals surface area contributed by atoms with E-state index in [1.165, 1.54) is 21.3 Å². The smallest absolute Gasteiger partial charge is 0.379 e. The second-order valence-electron chi connectivity index (χ2n) is 4.21. The molecule has 0 saturated carbocycles. The van der Waals surface area contributed by atoms with E-state index in [9.17, 15) is 0 Å². The van der Waals surface area contributed by atoms with E-state index in [4.69, 9.17) is 27.2 Å². The largest absolute Gasteiger partial charge is 0.679 e. The van der Waals surface area contributed by atoms with Crippen LogP contribution >= 0.6 is 0 Å². The van der Waals surface area contributed by atoms with Crippen LogP contribution < -0.4 is 0 Å². The highest BCUT2D eigenvalue weighted by molar-refractivity contribution is 6.53. The van der Waals surface area contributed by atoms with Crippen molar-refractivity contribution in [3.63, 3.8) is 0 Å². The standard InChI is InChI=1S/C11H24O6Si/c1-10(17-18(12-2,13-3)14-4)6-5-7-15-8-11-9-16-11/h10-11H,5-9H2,1-4H3. The minimum Gasteiger partial charge on any atom is -0.379 e. The van der Waals surface area contributed by atoms with Gasteiger partial charge in [-0.25, -0.2) is 0 Å². The Labute approximate surface area is 110 Å². The monoisotopic (exact) mass is 280 g/mol. The predicted molar refractivity (Wildman–Crippen MR) is 67.1 cm³/mol. The van der Waals surface area contributed by atoms with Crippen molar-refractivity contribution >= 4 is 9.05 Å². The van der Waals surface area contributed by atoms with Crippen LogP contribution in [-0.4, -0.2) is 62.4 Å². The molecule has 2 unspecified atom stereocenters. The maximum absolute atomic E-state index is 5.72. The van der Waals surface area contributed by atoms with Gasteiger partial charge in [-0.3, -0.25) is 0 Å². The third-order valence-corrected chi connectivity index (χ3v) is 4.89. The topological polar surface area (TPSA) is 58.7 Å². The fourth-order valence-corrected chi connectivity index (χ4v) is 2.95. The van der Waals surface area contributed by atoms with Gasteiger partial charge < -0.3 is 27.2 Å². The molecule has 1 aliphatic heterocycles. The van der Waals surface area contributed by atoms with E-state index in [0.717, 1.165) is 26.1 Å². The van der Waals surface area contributed by atoms with E-state index in [1.807, 2.05) is 6.92 Å². The summed E-state index contributed by atoms with van der Waals surface area (Å²) in [6, 6.07) is 0. The van der Waals surface area contributed by atoms with Gasteiger partial charge in [0, 0.05) is 34.0 Å². The summed E-state index contributed by atoms with van der Waals surface area (Å²) in [4.78, 5) is 0. The lowest BCUT2D eigenvalue weighted by molar-refractivity contribution is -0.0216. The van der Waals surface area contributed by atoms with Crippen LogP contribution in [0.25, 0.3) is 0 Å². The Hall–Kier alpha value is -0.0231.